The standard InChI is InChI=1S/C20H21.C19H25.C2H7Si.2ClH.Zr/c1-4-15-12-18-6-5-7-19(20(18)13-15)17-10-8-16(9-11-17)14(2)3;1-3-14(2)18-11-7-10-16-12-17(13-19(16)18)15-8-5-4-6-9-15;1-3-2;;;/h5-14H,4H2,1-3H3;7,10-15H,3-6,8-9H2,1-2H3;3H,1-2H3;2*1H;/q;;;;;+2/p-2. The van der Waals surface area contributed by atoms with Gasteiger partial charge in [0.25, 0.3) is 0 Å². The molecule has 0 heterocycles. The third-order valence-corrected chi connectivity index (χ3v) is 63.8. The zero-order chi connectivity index (χ0) is 32.1. The van der Waals surface area contributed by atoms with E-state index in [0.717, 1.165) is 12.8 Å². The van der Waals surface area contributed by atoms with E-state index in [2.05, 4.69) is 121 Å². The van der Waals surface area contributed by atoms with Crippen LogP contribution in [0.25, 0.3) is 23.3 Å². The Labute approximate surface area is 282 Å². The SMILES string of the molecule is CCC1=Cc2c(-c3ccc(C(C)C)cc3)cccc2[CH]1[Zr]([Cl])([Cl])([CH]1C(C2CCCCC2)=Cc2c(C(C)CC)cccc21)[SiH](C)C. The van der Waals surface area contributed by atoms with E-state index in [1.54, 1.807) is 5.57 Å². The predicted molar refractivity (Wildman–Crippen MR) is 200 cm³/mol. The van der Waals surface area contributed by atoms with E-state index in [1.165, 1.54) is 82.2 Å². The third kappa shape index (κ3) is 5.61. The monoisotopic (exact) mass is 733 g/mol. The molecule has 3 aromatic carbocycles. The van der Waals surface area contributed by atoms with Crippen molar-refractivity contribution in [2.75, 3.05) is 0 Å². The first-order valence-electron chi connectivity index (χ1n) is 17.9. The number of fused-ring (bicyclic) bond motifs is 2. The summed E-state index contributed by atoms with van der Waals surface area (Å²) in [6, 6.07) is 23.3. The summed E-state index contributed by atoms with van der Waals surface area (Å²) in [6.07, 6.45) is 13.8. The van der Waals surface area contributed by atoms with Crippen LogP contribution in [0.2, 0.25) is 13.1 Å². The fourth-order valence-electron chi connectivity index (χ4n) is 9.06. The summed E-state index contributed by atoms with van der Waals surface area (Å²) in [6.45, 7) is 16.6. The van der Waals surface area contributed by atoms with Crippen LogP contribution in [0.15, 0.2) is 71.8 Å². The van der Waals surface area contributed by atoms with Crippen LogP contribution in [0.1, 0.15) is 132 Å². The Hall–Kier alpha value is -1.18. The molecule has 45 heavy (non-hydrogen) atoms. The molecule has 0 spiro atoms. The molecule has 3 aliphatic rings. The van der Waals surface area contributed by atoms with Crippen molar-refractivity contribution < 1.29 is 15.6 Å². The van der Waals surface area contributed by atoms with Gasteiger partial charge in [-0.3, -0.25) is 0 Å². The van der Waals surface area contributed by atoms with Crippen molar-refractivity contribution in [1.29, 1.82) is 0 Å². The van der Waals surface area contributed by atoms with Crippen LogP contribution in [-0.2, 0) is 15.6 Å². The molecule has 3 unspecified atom stereocenters. The van der Waals surface area contributed by atoms with Crippen LogP contribution in [0.5, 0.6) is 0 Å². The quantitative estimate of drug-likeness (QED) is 0.192. The average Bonchev–Trinajstić information content (AvgIpc) is 3.65. The molecule has 1 fully saturated rings. The first kappa shape index (κ1) is 33.7. The second-order valence-corrected chi connectivity index (χ2v) is 57.6. The number of halogens is 2. The summed E-state index contributed by atoms with van der Waals surface area (Å²) in [5.41, 5.74) is 14.3. The number of hydrogen-bond donors (Lipinski definition) is 0. The van der Waals surface area contributed by atoms with Crippen LogP contribution in [0.4, 0.5) is 0 Å². The second kappa shape index (κ2) is 13.0. The van der Waals surface area contributed by atoms with Gasteiger partial charge < -0.3 is 0 Å². The van der Waals surface area contributed by atoms with Crippen molar-refractivity contribution in [3.05, 3.63) is 105 Å². The molecule has 3 aromatic rings. The molecule has 0 aromatic heterocycles. The van der Waals surface area contributed by atoms with Crippen molar-refractivity contribution in [2.45, 2.75) is 112 Å². The molecule has 4 heteroatoms. The van der Waals surface area contributed by atoms with E-state index >= 15 is 0 Å². The Kier molecular flexibility index (Phi) is 9.76. The first-order chi connectivity index (χ1) is 21.5. The number of allylic oxidation sites excluding steroid dienone is 2. The molecule has 1 saturated carbocycles. The van der Waals surface area contributed by atoms with E-state index in [9.17, 15) is 0 Å². The van der Waals surface area contributed by atoms with Gasteiger partial charge in [0.2, 0.25) is 0 Å². The molecule has 0 radical (unpaired) electrons. The topological polar surface area (TPSA) is 0 Å². The third-order valence-electron chi connectivity index (χ3n) is 12.0. The maximum atomic E-state index is 8.76. The van der Waals surface area contributed by atoms with E-state index in [-0.39, 0.29) is 7.25 Å². The van der Waals surface area contributed by atoms with Gasteiger partial charge in [0.1, 0.15) is 0 Å². The summed E-state index contributed by atoms with van der Waals surface area (Å²) in [4.78, 5) is 0. The van der Waals surface area contributed by atoms with Crippen LogP contribution in [0.3, 0.4) is 0 Å². The van der Waals surface area contributed by atoms with Crippen molar-refractivity contribution in [3.63, 3.8) is 0 Å². The Bertz CT molecular complexity index is 1620. The maximum absolute atomic E-state index is 8.76. The normalized spacial score (nSPS) is 21.7. The van der Waals surface area contributed by atoms with Crippen molar-refractivity contribution in [2.24, 2.45) is 5.92 Å². The van der Waals surface area contributed by atoms with Gasteiger partial charge in [-0.1, -0.05) is 0 Å². The van der Waals surface area contributed by atoms with Crippen molar-refractivity contribution >= 4 is 35.1 Å². The summed E-state index contributed by atoms with van der Waals surface area (Å²) < 4.78 is 0.356. The van der Waals surface area contributed by atoms with Gasteiger partial charge in [-0.2, -0.15) is 0 Å². The van der Waals surface area contributed by atoms with Crippen LogP contribution in [0, 0.1) is 5.92 Å². The number of hydrogen-bond acceptors (Lipinski definition) is 0. The molecule has 0 amide bonds. The Morgan fingerprint density at radius 3 is 2.02 bits per heavy atom. The molecule has 3 atom stereocenters. The van der Waals surface area contributed by atoms with Gasteiger partial charge in [-0.25, -0.2) is 0 Å². The molecule has 0 nitrogen and oxygen atoms in total. The minimum atomic E-state index is -4.77. The van der Waals surface area contributed by atoms with Gasteiger partial charge in [-0.05, 0) is 0 Å². The van der Waals surface area contributed by atoms with Gasteiger partial charge in [0.05, 0.1) is 0 Å². The fraction of sp³-hybridized carbons (Fsp3) is 0.463. The van der Waals surface area contributed by atoms with E-state index in [4.69, 9.17) is 17.0 Å². The van der Waals surface area contributed by atoms with Gasteiger partial charge in [-0.15, -0.1) is 0 Å². The molecule has 239 valence electrons. The summed E-state index contributed by atoms with van der Waals surface area (Å²) in [5, 5.41) is 0. The first-order valence-corrected chi connectivity index (χ1v) is 34.2. The molecular formula is C41H53Cl2SiZr. The van der Waals surface area contributed by atoms with Crippen LogP contribution >= 0.6 is 17.0 Å². The zero-order valence-electron chi connectivity index (χ0n) is 28.6. The Balaban J connectivity index is 1.57. The molecule has 0 saturated heterocycles. The molecule has 0 bridgehead atoms. The minimum absolute atomic E-state index is 0.159. The second-order valence-electron chi connectivity index (χ2n) is 15.0. The number of benzene rings is 3. The molecule has 0 N–H and O–H groups in total. The van der Waals surface area contributed by atoms with Crippen molar-refractivity contribution in [1.82, 2.24) is 0 Å². The molecule has 3 aliphatic carbocycles. The Morgan fingerprint density at radius 2 is 1.42 bits per heavy atom. The van der Waals surface area contributed by atoms with Crippen LogP contribution in [-0.4, -0.2) is 5.92 Å². The van der Waals surface area contributed by atoms with E-state index in [0.29, 0.717) is 17.8 Å². The zero-order valence-corrected chi connectivity index (χ0v) is 33.7. The molecular weight excluding hydrogens is 683 g/mol. The number of rotatable bonds is 9. The predicted octanol–water partition coefficient (Wildman–Crippen LogP) is 13.5. The average molecular weight is 736 g/mol. The molecule has 0 aliphatic heterocycles. The van der Waals surface area contributed by atoms with E-state index < -0.39 is 21.5 Å². The van der Waals surface area contributed by atoms with Gasteiger partial charge >= 0.3 is 285 Å². The van der Waals surface area contributed by atoms with Crippen LogP contribution < -0.4 is 0 Å². The Morgan fingerprint density at radius 1 is 0.778 bits per heavy atom. The van der Waals surface area contributed by atoms with Gasteiger partial charge in [0, 0.05) is 0 Å². The summed E-state index contributed by atoms with van der Waals surface area (Å²) >= 11 is -4.77. The fourth-order valence-corrected chi connectivity index (χ4v) is 40.5. The van der Waals surface area contributed by atoms with Gasteiger partial charge in [0.15, 0.2) is 0 Å². The molecule has 6 rings (SSSR count). The van der Waals surface area contributed by atoms with E-state index in [1.807, 2.05) is 0 Å². The summed E-state index contributed by atoms with van der Waals surface area (Å²) in [7, 11) is 17.5. The van der Waals surface area contributed by atoms with Crippen molar-refractivity contribution in [3.8, 4) is 11.1 Å². The summed E-state index contributed by atoms with van der Waals surface area (Å²) in [5.74, 6) is 0.0615.